The van der Waals surface area contributed by atoms with E-state index in [9.17, 15) is 12.8 Å². The van der Waals surface area contributed by atoms with E-state index in [1.54, 1.807) is 11.8 Å². The molecule has 0 bridgehead atoms. The number of thioether (sulfide) groups is 1. The molecule has 2 rings (SSSR count). The molecule has 1 unspecified atom stereocenters. The summed E-state index contributed by atoms with van der Waals surface area (Å²) in [6.45, 7) is 1.82. The van der Waals surface area contributed by atoms with E-state index in [1.165, 1.54) is 19.4 Å². The lowest BCUT2D eigenvalue weighted by molar-refractivity contribution is 0.568. The number of nitrogens with one attached hydrogen (secondary N) is 1. The molecule has 1 aliphatic heterocycles. The predicted molar refractivity (Wildman–Crippen MR) is 80.8 cm³/mol. The Morgan fingerprint density at radius 3 is 2.85 bits per heavy atom. The highest BCUT2D eigenvalue weighted by molar-refractivity contribution is 8.00. The zero-order valence-corrected chi connectivity index (χ0v) is 13.0. The van der Waals surface area contributed by atoms with E-state index in [0.29, 0.717) is 11.8 Å². The van der Waals surface area contributed by atoms with Crippen molar-refractivity contribution in [3.05, 3.63) is 23.5 Å². The lowest BCUT2D eigenvalue weighted by atomic mass is 10.2. The fraction of sp³-hybridized carbons (Fsp3) is 0.538. The Morgan fingerprint density at radius 2 is 2.20 bits per heavy atom. The predicted octanol–water partition coefficient (Wildman–Crippen LogP) is 2.28. The maximum atomic E-state index is 13.6. The first kappa shape index (κ1) is 15.6. The van der Waals surface area contributed by atoms with E-state index in [2.05, 4.69) is 4.72 Å². The van der Waals surface area contributed by atoms with E-state index in [4.69, 9.17) is 5.73 Å². The number of hydrogen-bond donors (Lipinski definition) is 2. The van der Waals surface area contributed by atoms with E-state index < -0.39 is 15.8 Å². The van der Waals surface area contributed by atoms with E-state index in [1.807, 2.05) is 0 Å². The SMILES string of the molecule is Cc1c(F)cc(N)cc1S(=O)(=O)NCC1CCCCS1. The van der Waals surface area contributed by atoms with E-state index in [-0.39, 0.29) is 16.1 Å². The summed E-state index contributed by atoms with van der Waals surface area (Å²) in [6, 6.07) is 2.43. The van der Waals surface area contributed by atoms with Gasteiger partial charge in [-0.15, -0.1) is 0 Å². The summed E-state index contributed by atoms with van der Waals surface area (Å²) in [7, 11) is -3.72. The molecule has 0 aromatic heterocycles. The molecular weight excluding hydrogens is 299 g/mol. The fourth-order valence-electron chi connectivity index (χ4n) is 2.20. The molecule has 1 aromatic carbocycles. The average molecular weight is 318 g/mol. The summed E-state index contributed by atoms with van der Waals surface area (Å²) in [5.41, 5.74) is 5.74. The third kappa shape index (κ3) is 3.65. The maximum Gasteiger partial charge on any atom is 0.241 e. The summed E-state index contributed by atoms with van der Waals surface area (Å²) in [5, 5.41) is 0.296. The third-order valence-electron chi connectivity index (χ3n) is 3.38. The summed E-state index contributed by atoms with van der Waals surface area (Å²) in [6.07, 6.45) is 3.33. The lowest BCUT2D eigenvalue weighted by Gasteiger charge is -2.21. The van der Waals surface area contributed by atoms with E-state index in [0.717, 1.165) is 24.7 Å². The molecule has 4 nitrogen and oxygen atoms in total. The van der Waals surface area contributed by atoms with Crippen molar-refractivity contribution in [2.75, 3.05) is 18.0 Å². The quantitative estimate of drug-likeness (QED) is 0.836. The Morgan fingerprint density at radius 1 is 1.45 bits per heavy atom. The molecule has 1 fully saturated rings. The van der Waals surface area contributed by atoms with Crippen LogP contribution in [0.3, 0.4) is 0 Å². The zero-order valence-electron chi connectivity index (χ0n) is 11.4. The summed E-state index contributed by atoms with van der Waals surface area (Å²) in [5.74, 6) is 0.468. The molecule has 1 saturated heterocycles. The fourth-order valence-corrected chi connectivity index (χ4v) is 4.91. The number of nitrogen functional groups attached to an aromatic ring is 1. The number of benzene rings is 1. The van der Waals surface area contributed by atoms with Gasteiger partial charge < -0.3 is 5.73 Å². The van der Waals surface area contributed by atoms with Crippen LogP contribution in [0.15, 0.2) is 17.0 Å². The molecule has 0 spiro atoms. The zero-order chi connectivity index (χ0) is 14.8. The smallest absolute Gasteiger partial charge is 0.241 e. The van der Waals surface area contributed by atoms with Crippen LogP contribution in [0.25, 0.3) is 0 Å². The summed E-state index contributed by atoms with van der Waals surface area (Å²) < 4.78 is 40.7. The number of nitrogens with two attached hydrogens (primary N) is 1. The average Bonchev–Trinajstić information content (AvgIpc) is 2.42. The van der Waals surface area contributed by atoms with Gasteiger partial charge in [0.1, 0.15) is 5.82 Å². The highest BCUT2D eigenvalue weighted by atomic mass is 32.2. The maximum absolute atomic E-state index is 13.6. The van der Waals surface area contributed by atoms with Gasteiger partial charge >= 0.3 is 0 Å². The number of rotatable bonds is 4. The van der Waals surface area contributed by atoms with Crippen molar-refractivity contribution in [2.24, 2.45) is 0 Å². The van der Waals surface area contributed by atoms with Crippen molar-refractivity contribution in [2.45, 2.75) is 36.3 Å². The highest BCUT2D eigenvalue weighted by Crippen LogP contribution is 2.26. The topological polar surface area (TPSA) is 72.2 Å². The standard InChI is InChI=1S/C13H19FN2O2S2/c1-9-12(14)6-10(15)7-13(9)20(17,18)16-8-11-4-2-3-5-19-11/h6-7,11,16H,2-5,8,15H2,1H3. The van der Waals surface area contributed by atoms with Crippen molar-refractivity contribution in [3.8, 4) is 0 Å². The Bertz CT molecular complexity index is 584. The second kappa shape index (κ2) is 6.32. The van der Waals surface area contributed by atoms with Gasteiger partial charge in [0, 0.05) is 23.0 Å². The van der Waals surface area contributed by atoms with Gasteiger partial charge in [-0.05, 0) is 37.7 Å². The molecule has 0 radical (unpaired) electrons. The van der Waals surface area contributed by atoms with Gasteiger partial charge in [-0.1, -0.05) is 6.42 Å². The lowest BCUT2D eigenvalue weighted by Crippen LogP contribution is -2.32. The molecule has 3 N–H and O–H groups in total. The van der Waals surface area contributed by atoms with Crippen LogP contribution in [0.1, 0.15) is 24.8 Å². The van der Waals surface area contributed by atoms with Crippen molar-refractivity contribution in [3.63, 3.8) is 0 Å². The van der Waals surface area contributed by atoms with Crippen LogP contribution in [-0.4, -0.2) is 26.0 Å². The Labute approximate surface area is 123 Å². The molecule has 0 saturated carbocycles. The number of sulfonamides is 1. The normalized spacial score (nSPS) is 20.0. The molecule has 1 aliphatic rings. The highest BCUT2D eigenvalue weighted by Gasteiger charge is 2.22. The van der Waals surface area contributed by atoms with Gasteiger partial charge in [0.25, 0.3) is 0 Å². The summed E-state index contributed by atoms with van der Waals surface area (Å²) >= 11 is 1.78. The minimum atomic E-state index is -3.72. The molecule has 1 atom stereocenters. The van der Waals surface area contributed by atoms with E-state index >= 15 is 0 Å². The van der Waals surface area contributed by atoms with Crippen molar-refractivity contribution < 1.29 is 12.8 Å². The molecule has 112 valence electrons. The molecule has 1 aromatic rings. The molecule has 1 heterocycles. The Balaban J connectivity index is 2.14. The second-order valence-corrected chi connectivity index (χ2v) is 8.11. The molecule has 20 heavy (non-hydrogen) atoms. The minimum absolute atomic E-state index is 0.0733. The largest absolute Gasteiger partial charge is 0.399 e. The number of anilines is 1. The molecule has 0 amide bonds. The van der Waals surface area contributed by atoms with Crippen LogP contribution in [0.5, 0.6) is 0 Å². The van der Waals surface area contributed by atoms with Gasteiger partial charge in [0.2, 0.25) is 10.0 Å². The first-order valence-corrected chi connectivity index (χ1v) is 9.10. The van der Waals surface area contributed by atoms with Gasteiger partial charge in [-0.3, -0.25) is 0 Å². The number of hydrogen-bond acceptors (Lipinski definition) is 4. The Hall–Kier alpha value is -0.790. The van der Waals surface area contributed by atoms with Crippen molar-refractivity contribution in [1.82, 2.24) is 4.72 Å². The van der Waals surface area contributed by atoms with Gasteiger partial charge in [0.05, 0.1) is 4.90 Å². The Kier molecular flexibility index (Phi) is 4.93. The van der Waals surface area contributed by atoms with Crippen molar-refractivity contribution in [1.29, 1.82) is 0 Å². The van der Waals surface area contributed by atoms with Crippen LogP contribution < -0.4 is 10.5 Å². The molecule has 7 heteroatoms. The van der Waals surface area contributed by atoms with Crippen LogP contribution in [-0.2, 0) is 10.0 Å². The molecular formula is C13H19FN2O2S2. The monoisotopic (exact) mass is 318 g/mol. The summed E-state index contributed by atoms with van der Waals surface area (Å²) in [4.78, 5) is -0.0733. The van der Waals surface area contributed by atoms with Crippen LogP contribution in [0, 0.1) is 12.7 Å². The van der Waals surface area contributed by atoms with Crippen LogP contribution >= 0.6 is 11.8 Å². The molecule has 0 aliphatic carbocycles. The van der Waals surface area contributed by atoms with Crippen LogP contribution in [0.4, 0.5) is 10.1 Å². The first-order valence-electron chi connectivity index (χ1n) is 6.57. The van der Waals surface area contributed by atoms with Gasteiger partial charge in [-0.2, -0.15) is 11.8 Å². The minimum Gasteiger partial charge on any atom is -0.399 e. The van der Waals surface area contributed by atoms with Crippen molar-refractivity contribution >= 4 is 27.5 Å². The third-order valence-corrected chi connectivity index (χ3v) is 6.33. The number of halogens is 1. The van der Waals surface area contributed by atoms with Gasteiger partial charge in [-0.25, -0.2) is 17.5 Å². The first-order chi connectivity index (χ1) is 9.40. The van der Waals surface area contributed by atoms with Gasteiger partial charge in [0.15, 0.2) is 0 Å². The second-order valence-electron chi connectivity index (χ2n) is 4.97. The van der Waals surface area contributed by atoms with Crippen LogP contribution in [0.2, 0.25) is 0 Å².